The number of methoxy groups -OCH3 is 1. The van der Waals surface area contributed by atoms with Crippen LogP contribution in [0.3, 0.4) is 0 Å². The zero-order chi connectivity index (χ0) is 19.6. The second kappa shape index (κ2) is 8.18. The molecule has 0 saturated carbocycles. The van der Waals surface area contributed by atoms with E-state index >= 15 is 0 Å². The van der Waals surface area contributed by atoms with Gasteiger partial charge in [-0.25, -0.2) is 4.57 Å². The van der Waals surface area contributed by atoms with Gasteiger partial charge in [0, 0.05) is 19.4 Å². The number of carbonyl (C=O) groups excluding carboxylic acids is 1. The van der Waals surface area contributed by atoms with E-state index in [2.05, 4.69) is 11.9 Å². The fourth-order valence-electron chi connectivity index (χ4n) is 2.99. The number of amides is 1. The minimum absolute atomic E-state index is 0.190. The number of hydrogen-bond acceptors (Lipinski definition) is 7. The monoisotopic (exact) mass is 392 g/mol. The Morgan fingerprint density at radius 3 is 2.50 bits per heavy atom. The van der Waals surface area contributed by atoms with Gasteiger partial charge >= 0.3 is 7.82 Å². The summed E-state index contributed by atoms with van der Waals surface area (Å²) in [4.78, 5) is 31.2. The number of ether oxygens (including phenoxy) is 3. The largest absolute Gasteiger partial charge is 0.469 e. The van der Waals surface area contributed by atoms with Crippen molar-refractivity contribution in [2.75, 3.05) is 7.11 Å². The van der Waals surface area contributed by atoms with E-state index < -0.39 is 38.5 Å². The van der Waals surface area contributed by atoms with Gasteiger partial charge in [-0.3, -0.25) is 9.32 Å². The summed E-state index contributed by atoms with van der Waals surface area (Å²) in [7, 11) is -3.24. The Kier molecular flexibility index (Phi) is 6.62. The molecule has 0 aromatic rings. The Balaban J connectivity index is 2.30. The zero-order valence-electron chi connectivity index (χ0n) is 15.1. The molecule has 26 heavy (non-hydrogen) atoms. The van der Waals surface area contributed by atoms with Crippen LogP contribution in [0, 0.1) is 0 Å². The van der Waals surface area contributed by atoms with Gasteiger partial charge in [0.05, 0.1) is 12.2 Å². The molecule has 1 fully saturated rings. The summed E-state index contributed by atoms with van der Waals surface area (Å²) in [6, 6.07) is 0. The third kappa shape index (κ3) is 4.92. The predicted octanol–water partition coefficient (Wildman–Crippen LogP) is 0.434. The second-order valence-corrected chi connectivity index (χ2v) is 7.49. The summed E-state index contributed by atoms with van der Waals surface area (Å²) in [5, 5.41) is 2.56. The number of carbonyl (C=O) groups is 1. The van der Waals surface area contributed by atoms with Crippen LogP contribution in [0.2, 0.25) is 0 Å². The molecule has 0 aliphatic carbocycles. The molecule has 0 bridgehead atoms. The van der Waals surface area contributed by atoms with Crippen LogP contribution in [0.1, 0.15) is 20.8 Å². The molecule has 1 saturated heterocycles. The number of phosphoric ester groups is 1. The lowest BCUT2D eigenvalue weighted by Gasteiger charge is -2.34. The first-order valence-corrected chi connectivity index (χ1v) is 9.60. The molecule has 0 spiro atoms. The van der Waals surface area contributed by atoms with Gasteiger partial charge < -0.3 is 34.2 Å². The van der Waals surface area contributed by atoms with Crippen LogP contribution in [-0.2, 0) is 28.1 Å². The fraction of sp³-hybridized carbons (Fsp3) is 0.667. The van der Waals surface area contributed by atoms with Crippen LogP contribution >= 0.6 is 7.82 Å². The van der Waals surface area contributed by atoms with Gasteiger partial charge in [-0.15, -0.1) is 0 Å². The van der Waals surface area contributed by atoms with E-state index in [0.717, 1.165) is 0 Å². The first kappa shape index (κ1) is 21.0. The lowest BCUT2D eigenvalue weighted by Crippen LogP contribution is -2.48. The maximum Gasteiger partial charge on any atom is 0.469 e. The number of nitrogens with one attached hydrogen (secondary N) is 1. The molecule has 10 nitrogen and oxygen atoms in total. The van der Waals surface area contributed by atoms with Crippen molar-refractivity contribution in [3.05, 3.63) is 24.7 Å². The minimum Gasteiger partial charge on any atom is -0.374 e. The van der Waals surface area contributed by atoms with Crippen LogP contribution in [0.25, 0.3) is 0 Å². The molecule has 2 heterocycles. The first-order valence-electron chi connectivity index (χ1n) is 8.07. The molecule has 2 aliphatic heterocycles. The van der Waals surface area contributed by atoms with Crippen LogP contribution in [-0.4, -0.2) is 64.5 Å². The van der Waals surface area contributed by atoms with Gasteiger partial charge in [-0.2, -0.15) is 0 Å². The molecule has 0 aromatic heterocycles. The quantitative estimate of drug-likeness (QED) is 0.529. The fourth-order valence-corrected chi connectivity index (χ4v) is 3.54. The summed E-state index contributed by atoms with van der Waals surface area (Å²) in [5.74, 6) is -0.0278. The van der Waals surface area contributed by atoms with Crippen molar-refractivity contribution in [1.29, 1.82) is 0 Å². The standard InChI is InChI=1S/C15H25N2O8P/c1-8(2)23-13-12(9(3)25-26(19,20)21)24-15(14(13)22-5)17-7-6-11(18)16-10(17)4/h6-9,12-15H,4H2,1-3,5H3,(H,16,18)(H2,19,20,21)/t9-,12-,13?,14+,15-/m1/s1. The molecule has 11 heteroatoms. The molecule has 3 N–H and O–H groups in total. The van der Waals surface area contributed by atoms with Gasteiger partial charge in [0.1, 0.15) is 24.1 Å². The maximum absolute atomic E-state index is 11.4. The predicted molar refractivity (Wildman–Crippen MR) is 90.3 cm³/mol. The SMILES string of the molecule is C=C1NC(=O)C=CN1[C@@H]1O[C@H]([C@@H](C)OP(=O)(O)O)C(OC(C)C)[C@@H]1OC. The first-order chi connectivity index (χ1) is 12.0. The highest BCUT2D eigenvalue weighted by molar-refractivity contribution is 7.46. The second-order valence-electron chi connectivity index (χ2n) is 6.30. The minimum atomic E-state index is -4.71. The highest BCUT2D eigenvalue weighted by Gasteiger charge is 2.52. The summed E-state index contributed by atoms with van der Waals surface area (Å²) in [6.45, 7) is 8.92. The topological polar surface area (TPSA) is 127 Å². The van der Waals surface area contributed by atoms with Gasteiger partial charge in [0.15, 0.2) is 6.23 Å². The van der Waals surface area contributed by atoms with Crippen LogP contribution in [0.5, 0.6) is 0 Å². The average molecular weight is 392 g/mol. The molecule has 0 aromatic carbocycles. The molecule has 148 valence electrons. The molecule has 5 atom stereocenters. The van der Waals surface area contributed by atoms with Gasteiger partial charge in [-0.1, -0.05) is 6.58 Å². The Hall–Kier alpha value is -1.26. The van der Waals surface area contributed by atoms with Crippen molar-refractivity contribution in [2.24, 2.45) is 0 Å². The number of phosphoric acid groups is 1. The number of rotatable bonds is 7. The van der Waals surface area contributed by atoms with E-state index in [9.17, 15) is 9.36 Å². The molecular weight excluding hydrogens is 367 g/mol. The maximum atomic E-state index is 11.4. The summed E-state index contributed by atoms with van der Waals surface area (Å²) in [6.07, 6.45) is -1.19. The Morgan fingerprint density at radius 2 is 2.00 bits per heavy atom. The van der Waals surface area contributed by atoms with Gasteiger partial charge in [0.2, 0.25) is 0 Å². The van der Waals surface area contributed by atoms with E-state index in [1.165, 1.54) is 26.3 Å². The van der Waals surface area contributed by atoms with Crippen molar-refractivity contribution in [3.8, 4) is 0 Å². The third-order valence-corrected chi connectivity index (χ3v) is 4.54. The van der Waals surface area contributed by atoms with Gasteiger partial charge in [-0.05, 0) is 20.8 Å². The van der Waals surface area contributed by atoms with Gasteiger partial charge in [0.25, 0.3) is 5.91 Å². The van der Waals surface area contributed by atoms with E-state index in [0.29, 0.717) is 0 Å². The number of hydrogen-bond donors (Lipinski definition) is 3. The van der Waals surface area contributed by atoms with Crippen LogP contribution in [0.4, 0.5) is 0 Å². The van der Waals surface area contributed by atoms with E-state index in [4.69, 9.17) is 28.5 Å². The number of nitrogens with zero attached hydrogens (tertiary/aromatic N) is 1. The van der Waals surface area contributed by atoms with E-state index in [1.807, 2.05) is 13.8 Å². The van der Waals surface area contributed by atoms with Crippen molar-refractivity contribution >= 4 is 13.7 Å². The Labute approximate surface area is 152 Å². The third-order valence-electron chi connectivity index (χ3n) is 3.93. The van der Waals surface area contributed by atoms with Crippen molar-refractivity contribution in [2.45, 2.75) is 57.5 Å². The van der Waals surface area contributed by atoms with Crippen molar-refractivity contribution in [3.63, 3.8) is 0 Å². The summed E-state index contributed by atoms with van der Waals surface area (Å²) >= 11 is 0. The zero-order valence-corrected chi connectivity index (χ0v) is 16.0. The van der Waals surface area contributed by atoms with Crippen LogP contribution in [0.15, 0.2) is 24.7 Å². The average Bonchev–Trinajstić information content (AvgIpc) is 2.83. The van der Waals surface area contributed by atoms with E-state index in [-0.39, 0.29) is 17.8 Å². The summed E-state index contributed by atoms with van der Waals surface area (Å²) < 4.78 is 33.4. The van der Waals surface area contributed by atoms with E-state index in [1.54, 1.807) is 4.90 Å². The Bertz CT molecular complexity index is 619. The normalized spacial score (nSPS) is 30.8. The lowest BCUT2D eigenvalue weighted by atomic mass is 10.1. The molecule has 2 aliphatic rings. The molecule has 0 radical (unpaired) electrons. The summed E-state index contributed by atoms with van der Waals surface area (Å²) in [5.41, 5.74) is 0. The molecule has 2 rings (SSSR count). The Morgan fingerprint density at radius 1 is 1.35 bits per heavy atom. The smallest absolute Gasteiger partial charge is 0.374 e. The van der Waals surface area contributed by atoms with Crippen molar-refractivity contribution < 1.29 is 37.9 Å². The molecule has 1 unspecified atom stereocenters. The van der Waals surface area contributed by atoms with Crippen LogP contribution < -0.4 is 5.32 Å². The van der Waals surface area contributed by atoms with Crippen molar-refractivity contribution in [1.82, 2.24) is 10.2 Å². The lowest BCUT2D eigenvalue weighted by molar-refractivity contribution is -0.119. The molecular formula is C15H25N2O8P. The highest BCUT2D eigenvalue weighted by Crippen LogP contribution is 2.42. The highest BCUT2D eigenvalue weighted by atomic mass is 31.2. The molecule has 1 amide bonds.